The number of nitrogens with zero attached hydrogens (tertiary/aromatic N) is 4. The molecule has 86 valence electrons. The van der Waals surface area contributed by atoms with E-state index in [2.05, 4.69) is 15.4 Å². The Morgan fingerprint density at radius 2 is 2.31 bits per heavy atom. The minimum atomic E-state index is -0.909. The van der Waals surface area contributed by atoms with Crippen molar-refractivity contribution in [2.75, 3.05) is 0 Å². The first-order valence-electron chi connectivity index (χ1n) is 4.82. The van der Waals surface area contributed by atoms with Gasteiger partial charge < -0.3 is 9.63 Å². The molecule has 6 nitrogen and oxygen atoms in total. The molecule has 2 heterocycles. The maximum absolute atomic E-state index is 10.0. The monoisotopic (exact) mass is 334 g/mol. The molecule has 1 unspecified atom stereocenters. The summed E-state index contributed by atoms with van der Waals surface area (Å²) in [5.74, 6) is 0.398. The molecular formula is C9H11IN4O2. The Kier molecular flexibility index (Phi) is 3.24. The zero-order chi connectivity index (χ0) is 11.7. The lowest BCUT2D eigenvalue weighted by Crippen LogP contribution is -2.01. The fraction of sp³-hybridized carbons (Fsp3) is 0.444. The lowest BCUT2D eigenvalue weighted by atomic mass is 10.2. The normalized spacial score (nSPS) is 13.0. The molecular weight excluding hydrogens is 323 g/mol. The standard InChI is InChI=1S/C9H11IN4O2/c1-3-5-4-6(16-13-5)8(15)7-9(10)12-14(2)11-7/h4,8,15H,3H2,1-2H3. The molecule has 0 bridgehead atoms. The van der Waals surface area contributed by atoms with Crippen molar-refractivity contribution in [1.29, 1.82) is 0 Å². The Bertz CT molecular complexity index is 493. The van der Waals surface area contributed by atoms with E-state index in [0.717, 1.165) is 12.1 Å². The predicted molar refractivity (Wildman–Crippen MR) is 63.7 cm³/mol. The fourth-order valence-electron chi connectivity index (χ4n) is 1.32. The minimum Gasteiger partial charge on any atom is -0.378 e. The number of aliphatic hydroxyl groups excluding tert-OH is 1. The highest BCUT2D eigenvalue weighted by Crippen LogP contribution is 2.23. The van der Waals surface area contributed by atoms with Crippen molar-refractivity contribution >= 4 is 22.6 Å². The molecule has 0 aromatic carbocycles. The molecule has 0 aliphatic carbocycles. The highest BCUT2D eigenvalue weighted by molar-refractivity contribution is 14.1. The number of rotatable bonds is 3. The Morgan fingerprint density at radius 3 is 2.81 bits per heavy atom. The Balaban J connectivity index is 2.31. The number of aliphatic hydroxyl groups is 1. The van der Waals surface area contributed by atoms with E-state index < -0.39 is 6.10 Å². The number of halogens is 1. The average molecular weight is 334 g/mol. The van der Waals surface area contributed by atoms with Crippen LogP contribution in [0.2, 0.25) is 0 Å². The maximum Gasteiger partial charge on any atom is 0.171 e. The van der Waals surface area contributed by atoms with E-state index in [1.165, 1.54) is 4.80 Å². The number of hydrogen-bond acceptors (Lipinski definition) is 5. The minimum absolute atomic E-state index is 0.398. The molecule has 1 atom stereocenters. The summed E-state index contributed by atoms with van der Waals surface area (Å²) in [5, 5.41) is 22.0. The van der Waals surface area contributed by atoms with E-state index in [-0.39, 0.29) is 0 Å². The van der Waals surface area contributed by atoms with Crippen LogP contribution in [0.3, 0.4) is 0 Å². The summed E-state index contributed by atoms with van der Waals surface area (Å²) in [4.78, 5) is 1.41. The van der Waals surface area contributed by atoms with Crippen LogP contribution in [0.1, 0.15) is 30.2 Å². The van der Waals surface area contributed by atoms with Crippen LogP contribution in [0.4, 0.5) is 0 Å². The lowest BCUT2D eigenvalue weighted by Gasteiger charge is -2.01. The van der Waals surface area contributed by atoms with Crippen molar-refractivity contribution in [1.82, 2.24) is 20.2 Å². The van der Waals surface area contributed by atoms with Crippen LogP contribution in [0.25, 0.3) is 0 Å². The summed E-state index contributed by atoms with van der Waals surface area (Å²) < 4.78 is 5.71. The molecule has 2 aromatic rings. The first-order chi connectivity index (χ1) is 7.61. The second kappa shape index (κ2) is 4.50. The molecule has 0 aliphatic heterocycles. The van der Waals surface area contributed by atoms with Gasteiger partial charge in [0.05, 0.1) is 5.69 Å². The first kappa shape index (κ1) is 11.5. The summed E-state index contributed by atoms with van der Waals surface area (Å²) in [5.41, 5.74) is 1.30. The van der Waals surface area contributed by atoms with Crippen molar-refractivity contribution in [3.8, 4) is 0 Å². The molecule has 2 aromatic heterocycles. The van der Waals surface area contributed by atoms with Gasteiger partial charge in [-0.3, -0.25) is 0 Å². The van der Waals surface area contributed by atoms with Crippen LogP contribution in [0.5, 0.6) is 0 Å². The zero-order valence-corrected chi connectivity index (χ0v) is 11.0. The highest BCUT2D eigenvalue weighted by Gasteiger charge is 2.22. The second-order valence-corrected chi connectivity index (χ2v) is 4.36. The van der Waals surface area contributed by atoms with E-state index in [1.807, 2.05) is 29.5 Å². The molecule has 2 rings (SSSR count). The molecule has 0 saturated heterocycles. The third-order valence-electron chi connectivity index (χ3n) is 2.16. The van der Waals surface area contributed by atoms with Crippen LogP contribution in [0.15, 0.2) is 10.6 Å². The molecule has 0 amide bonds. The third-order valence-corrected chi connectivity index (χ3v) is 2.93. The summed E-state index contributed by atoms with van der Waals surface area (Å²) in [6, 6.07) is 1.73. The van der Waals surface area contributed by atoms with Gasteiger partial charge in [-0.05, 0) is 29.0 Å². The van der Waals surface area contributed by atoms with Crippen molar-refractivity contribution in [2.45, 2.75) is 19.4 Å². The topological polar surface area (TPSA) is 77.0 Å². The van der Waals surface area contributed by atoms with Gasteiger partial charge in [0.25, 0.3) is 0 Å². The van der Waals surface area contributed by atoms with E-state index >= 15 is 0 Å². The SMILES string of the molecule is CCc1cc(C(O)c2nn(C)nc2I)on1. The van der Waals surface area contributed by atoms with Crippen molar-refractivity contribution < 1.29 is 9.63 Å². The van der Waals surface area contributed by atoms with Gasteiger partial charge in [-0.25, -0.2) is 0 Å². The Labute approximate surface area is 106 Å². The van der Waals surface area contributed by atoms with Gasteiger partial charge in [0.1, 0.15) is 9.39 Å². The maximum atomic E-state index is 10.0. The fourth-order valence-corrected chi connectivity index (χ4v) is 2.04. The van der Waals surface area contributed by atoms with E-state index in [9.17, 15) is 5.11 Å². The lowest BCUT2D eigenvalue weighted by molar-refractivity contribution is 0.170. The number of aromatic nitrogens is 4. The Hall–Kier alpha value is -0.960. The van der Waals surface area contributed by atoms with Crippen LogP contribution in [-0.2, 0) is 13.5 Å². The van der Waals surface area contributed by atoms with E-state index in [4.69, 9.17) is 4.52 Å². The van der Waals surface area contributed by atoms with Crippen LogP contribution in [0, 0.1) is 3.70 Å². The number of hydrogen-bond donors (Lipinski definition) is 1. The molecule has 16 heavy (non-hydrogen) atoms. The number of aryl methyl sites for hydroxylation is 2. The van der Waals surface area contributed by atoms with Gasteiger partial charge in [0.2, 0.25) is 0 Å². The molecule has 7 heteroatoms. The summed E-state index contributed by atoms with van der Waals surface area (Å²) in [6.45, 7) is 1.97. The van der Waals surface area contributed by atoms with E-state index in [1.54, 1.807) is 13.1 Å². The van der Waals surface area contributed by atoms with Crippen LogP contribution in [-0.4, -0.2) is 25.3 Å². The van der Waals surface area contributed by atoms with E-state index in [0.29, 0.717) is 15.2 Å². The molecule has 1 N–H and O–H groups in total. The average Bonchev–Trinajstić information content (AvgIpc) is 2.84. The smallest absolute Gasteiger partial charge is 0.171 e. The zero-order valence-electron chi connectivity index (χ0n) is 8.88. The van der Waals surface area contributed by atoms with Gasteiger partial charge in [-0.1, -0.05) is 12.1 Å². The third kappa shape index (κ3) is 2.09. The quantitative estimate of drug-likeness (QED) is 0.849. The second-order valence-electron chi connectivity index (χ2n) is 3.34. The molecule has 0 aliphatic rings. The summed E-state index contributed by atoms with van der Waals surface area (Å²) in [7, 11) is 1.70. The van der Waals surface area contributed by atoms with Gasteiger partial charge in [0, 0.05) is 13.1 Å². The van der Waals surface area contributed by atoms with Gasteiger partial charge in [-0.15, -0.1) is 5.10 Å². The molecule has 0 spiro atoms. The van der Waals surface area contributed by atoms with Crippen molar-refractivity contribution in [3.63, 3.8) is 0 Å². The van der Waals surface area contributed by atoms with Crippen molar-refractivity contribution in [2.24, 2.45) is 7.05 Å². The van der Waals surface area contributed by atoms with Crippen LogP contribution >= 0.6 is 22.6 Å². The van der Waals surface area contributed by atoms with Crippen LogP contribution < -0.4 is 0 Å². The first-order valence-corrected chi connectivity index (χ1v) is 5.90. The molecule has 0 fully saturated rings. The van der Waals surface area contributed by atoms with Gasteiger partial charge >= 0.3 is 0 Å². The van der Waals surface area contributed by atoms with Gasteiger partial charge in [0.15, 0.2) is 11.9 Å². The summed E-state index contributed by atoms with van der Waals surface area (Å²) >= 11 is 2.02. The summed E-state index contributed by atoms with van der Waals surface area (Å²) in [6.07, 6.45) is -0.137. The largest absolute Gasteiger partial charge is 0.378 e. The predicted octanol–water partition coefficient (Wildman–Crippen LogP) is 1.05. The highest BCUT2D eigenvalue weighted by atomic mass is 127. The van der Waals surface area contributed by atoms with Crippen molar-refractivity contribution in [3.05, 3.63) is 26.9 Å². The molecule has 0 saturated carbocycles. The van der Waals surface area contributed by atoms with Gasteiger partial charge in [-0.2, -0.15) is 9.90 Å². The molecule has 0 radical (unpaired) electrons. The Morgan fingerprint density at radius 1 is 1.56 bits per heavy atom.